The molecule has 5 unspecified atom stereocenters. The van der Waals surface area contributed by atoms with Gasteiger partial charge >= 0.3 is 0 Å². The van der Waals surface area contributed by atoms with Crippen molar-refractivity contribution in [1.29, 1.82) is 0 Å². The van der Waals surface area contributed by atoms with Crippen LogP contribution in [0.1, 0.15) is 47.0 Å². The van der Waals surface area contributed by atoms with Crippen LogP contribution in [0.3, 0.4) is 0 Å². The SMILES string of the molecule is CCNC1CC(C)CC(C)C1CN(C)C(C)CCSC. The van der Waals surface area contributed by atoms with Gasteiger partial charge in [-0.05, 0) is 69.5 Å². The van der Waals surface area contributed by atoms with Crippen LogP contribution in [0.5, 0.6) is 0 Å². The summed E-state index contributed by atoms with van der Waals surface area (Å²) in [4.78, 5) is 2.59. The highest BCUT2D eigenvalue weighted by Gasteiger charge is 2.34. The van der Waals surface area contributed by atoms with Gasteiger partial charge in [0.2, 0.25) is 0 Å². The summed E-state index contributed by atoms with van der Waals surface area (Å²) in [5.41, 5.74) is 0. The van der Waals surface area contributed by atoms with Gasteiger partial charge in [0.25, 0.3) is 0 Å². The molecule has 3 heteroatoms. The van der Waals surface area contributed by atoms with Crippen molar-refractivity contribution in [3.63, 3.8) is 0 Å². The summed E-state index contributed by atoms with van der Waals surface area (Å²) in [6.07, 6.45) is 6.27. The van der Waals surface area contributed by atoms with Gasteiger partial charge in [-0.3, -0.25) is 0 Å². The molecule has 0 saturated heterocycles. The highest BCUT2D eigenvalue weighted by atomic mass is 32.2. The van der Waals surface area contributed by atoms with Gasteiger partial charge in [-0.2, -0.15) is 11.8 Å². The maximum absolute atomic E-state index is 3.75. The fraction of sp³-hybridized carbons (Fsp3) is 1.00. The molecular formula is C17H36N2S. The van der Waals surface area contributed by atoms with Crippen LogP contribution < -0.4 is 5.32 Å². The molecule has 1 saturated carbocycles. The Morgan fingerprint density at radius 2 is 2.00 bits per heavy atom. The Morgan fingerprint density at radius 1 is 1.30 bits per heavy atom. The average Bonchev–Trinajstić information content (AvgIpc) is 2.39. The van der Waals surface area contributed by atoms with Crippen molar-refractivity contribution >= 4 is 11.8 Å². The van der Waals surface area contributed by atoms with Crippen molar-refractivity contribution < 1.29 is 0 Å². The molecule has 0 aromatic heterocycles. The summed E-state index contributed by atoms with van der Waals surface area (Å²) in [7, 11) is 2.32. The summed E-state index contributed by atoms with van der Waals surface area (Å²) in [5, 5.41) is 3.75. The third-order valence-electron chi connectivity index (χ3n) is 5.14. The van der Waals surface area contributed by atoms with E-state index in [1.165, 1.54) is 31.6 Å². The molecule has 120 valence electrons. The lowest BCUT2D eigenvalue weighted by molar-refractivity contribution is 0.0973. The minimum Gasteiger partial charge on any atom is -0.314 e. The highest BCUT2D eigenvalue weighted by Crippen LogP contribution is 2.34. The molecule has 0 heterocycles. The predicted molar refractivity (Wildman–Crippen MR) is 93.6 cm³/mol. The summed E-state index contributed by atoms with van der Waals surface area (Å²) in [5.74, 6) is 3.81. The van der Waals surface area contributed by atoms with Gasteiger partial charge in [-0.1, -0.05) is 20.8 Å². The van der Waals surface area contributed by atoms with Crippen LogP contribution in [0.25, 0.3) is 0 Å². The topological polar surface area (TPSA) is 15.3 Å². The highest BCUT2D eigenvalue weighted by molar-refractivity contribution is 7.98. The van der Waals surface area contributed by atoms with Crippen LogP contribution in [0.4, 0.5) is 0 Å². The molecular weight excluding hydrogens is 264 g/mol. The smallest absolute Gasteiger partial charge is 0.0112 e. The van der Waals surface area contributed by atoms with Crippen LogP contribution in [-0.2, 0) is 0 Å². The van der Waals surface area contributed by atoms with Gasteiger partial charge in [0.1, 0.15) is 0 Å². The molecule has 0 aromatic rings. The molecule has 0 aromatic carbocycles. The first-order chi connectivity index (χ1) is 9.49. The fourth-order valence-electron chi connectivity index (χ4n) is 3.74. The van der Waals surface area contributed by atoms with Crippen molar-refractivity contribution in [3.05, 3.63) is 0 Å². The summed E-state index contributed by atoms with van der Waals surface area (Å²) >= 11 is 1.96. The standard InChI is InChI=1S/C17H36N2S/c1-7-18-17-11-13(2)10-14(3)16(17)12-19(5)15(4)8-9-20-6/h13-18H,7-12H2,1-6H3. The Bertz CT molecular complexity index is 259. The minimum absolute atomic E-state index is 0.705. The Labute approximate surface area is 131 Å². The van der Waals surface area contributed by atoms with Crippen molar-refractivity contribution in [1.82, 2.24) is 10.2 Å². The first-order valence-electron chi connectivity index (χ1n) is 8.42. The predicted octanol–water partition coefficient (Wildman–Crippen LogP) is 3.72. The molecule has 5 atom stereocenters. The second-order valence-electron chi connectivity index (χ2n) is 6.95. The summed E-state index contributed by atoms with van der Waals surface area (Å²) in [6.45, 7) is 11.9. The summed E-state index contributed by atoms with van der Waals surface area (Å²) < 4.78 is 0. The van der Waals surface area contributed by atoms with E-state index in [9.17, 15) is 0 Å². The maximum atomic E-state index is 3.75. The number of hydrogen-bond acceptors (Lipinski definition) is 3. The van der Waals surface area contributed by atoms with E-state index < -0.39 is 0 Å². The molecule has 20 heavy (non-hydrogen) atoms. The fourth-order valence-corrected chi connectivity index (χ4v) is 4.31. The zero-order valence-corrected chi connectivity index (χ0v) is 15.3. The molecule has 0 spiro atoms. The van der Waals surface area contributed by atoms with E-state index in [2.05, 4.69) is 51.2 Å². The second kappa shape index (κ2) is 9.32. The first-order valence-corrected chi connectivity index (χ1v) is 9.81. The Kier molecular flexibility index (Phi) is 8.54. The van der Waals surface area contributed by atoms with E-state index in [0.29, 0.717) is 12.1 Å². The van der Waals surface area contributed by atoms with Crippen LogP contribution >= 0.6 is 11.8 Å². The number of nitrogens with zero attached hydrogens (tertiary/aromatic N) is 1. The van der Waals surface area contributed by atoms with Crippen molar-refractivity contribution in [2.75, 3.05) is 32.1 Å². The van der Waals surface area contributed by atoms with E-state index in [1.54, 1.807) is 0 Å². The van der Waals surface area contributed by atoms with E-state index in [1.807, 2.05) is 11.8 Å². The quantitative estimate of drug-likeness (QED) is 0.735. The number of nitrogens with one attached hydrogen (secondary N) is 1. The lowest BCUT2D eigenvalue weighted by Gasteiger charge is -2.43. The molecule has 1 rings (SSSR count). The van der Waals surface area contributed by atoms with E-state index in [4.69, 9.17) is 0 Å². The third kappa shape index (κ3) is 5.57. The molecule has 0 bridgehead atoms. The van der Waals surface area contributed by atoms with Gasteiger partial charge in [0, 0.05) is 18.6 Å². The molecule has 0 aliphatic heterocycles. The first kappa shape index (κ1) is 18.3. The Balaban J connectivity index is 2.56. The molecule has 1 N–H and O–H groups in total. The van der Waals surface area contributed by atoms with Gasteiger partial charge < -0.3 is 10.2 Å². The largest absolute Gasteiger partial charge is 0.314 e. The van der Waals surface area contributed by atoms with Crippen LogP contribution in [-0.4, -0.2) is 49.1 Å². The number of rotatable bonds is 8. The van der Waals surface area contributed by atoms with Gasteiger partial charge in [0.05, 0.1) is 0 Å². The Hall–Kier alpha value is 0.270. The van der Waals surface area contributed by atoms with E-state index >= 15 is 0 Å². The lowest BCUT2D eigenvalue weighted by atomic mass is 9.72. The normalized spacial score (nSPS) is 32.5. The van der Waals surface area contributed by atoms with Crippen LogP contribution in [0, 0.1) is 17.8 Å². The molecule has 1 fully saturated rings. The lowest BCUT2D eigenvalue weighted by Crippen LogP contribution is -2.49. The molecule has 0 amide bonds. The molecule has 1 aliphatic rings. The van der Waals surface area contributed by atoms with Gasteiger partial charge in [-0.25, -0.2) is 0 Å². The molecule has 1 aliphatic carbocycles. The van der Waals surface area contributed by atoms with E-state index in [-0.39, 0.29) is 0 Å². The maximum Gasteiger partial charge on any atom is 0.0112 e. The van der Waals surface area contributed by atoms with Gasteiger partial charge in [0.15, 0.2) is 0 Å². The van der Waals surface area contributed by atoms with Crippen LogP contribution in [0.15, 0.2) is 0 Å². The molecule has 2 nitrogen and oxygen atoms in total. The minimum atomic E-state index is 0.705. The van der Waals surface area contributed by atoms with Crippen molar-refractivity contribution in [2.45, 2.75) is 59.0 Å². The van der Waals surface area contributed by atoms with Gasteiger partial charge in [-0.15, -0.1) is 0 Å². The van der Waals surface area contributed by atoms with Crippen molar-refractivity contribution in [2.24, 2.45) is 17.8 Å². The van der Waals surface area contributed by atoms with Crippen LogP contribution in [0.2, 0.25) is 0 Å². The third-order valence-corrected chi connectivity index (χ3v) is 5.78. The summed E-state index contributed by atoms with van der Waals surface area (Å²) in [6, 6.07) is 1.42. The molecule has 0 radical (unpaired) electrons. The zero-order valence-electron chi connectivity index (χ0n) is 14.5. The Morgan fingerprint density at radius 3 is 2.60 bits per heavy atom. The van der Waals surface area contributed by atoms with Crippen molar-refractivity contribution in [3.8, 4) is 0 Å². The van der Waals surface area contributed by atoms with E-state index in [0.717, 1.165) is 24.3 Å². The monoisotopic (exact) mass is 300 g/mol. The number of hydrogen-bond donors (Lipinski definition) is 1. The average molecular weight is 301 g/mol. The second-order valence-corrected chi connectivity index (χ2v) is 7.94. The number of thioether (sulfide) groups is 1. The zero-order chi connectivity index (χ0) is 15.1.